The molecule has 1 atom stereocenters. The van der Waals surface area contributed by atoms with Crippen molar-refractivity contribution in [3.8, 4) is 11.4 Å². The molecule has 1 amide bonds. The second-order valence-corrected chi connectivity index (χ2v) is 9.43. The van der Waals surface area contributed by atoms with E-state index in [-0.39, 0.29) is 30.7 Å². The number of amides is 1. The zero-order valence-electron chi connectivity index (χ0n) is 16.5. The Hall–Kier alpha value is -2.26. The highest BCUT2D eigenvalue weighted by molar-refractivity contribution is 7.89. The normalized spacial score (nSPS) is 18.2. The van der Waals surface area contributed by atoms with E-state index in [4.69, 9.17) is 4.52 Å². The van der Waals surface area contributed by atoms with Gasteiger partial charge in [0, 0.05) is 25.7 Å². The molecule has 1 aromatic carbocycles. The SMILES string of the molecule is CCS(=O)(=O)N1CCC[C@H](C(=O)N(C)Cc2nc(-c3cccc(C)c3)no2)C1. The number of piperidine rings is 1. The van der Waals surface area contributed by atoms with Crippen LogP contribution < -0.4 is 0 Å². The summed E-state index contributed by atoms with van der Waals surface area (Å²) in [6.07, 6.45) is 1.36. The van der Waals surface area contributed by atoms with E-state index in [1.54, 1.807) is 14.0 Å². The Morgan fingerprint density at radius 1 is 1.39 bits per heavy atom. The zero-order valence-corrected chi connectivity index (χ0v) is 17.3. The van der Waals surface area contributed by atoms with Crippen LogP contribution in [0, 0.1) is 12.8 Å². The Kier molecular flexibility index (Phi) is 6.14. The number of rotatable bonds is 6. The molecule has 2 heterocycles. The molecule has 0 unspecified atom stereocenters. The number of nitrogens with zero attached hydrogens (tertiary/aromatic N) is 4. The van der Waals surface area contributed by atoms with Gasteiger partial charge in [-0.1, -0.05) is 28.9 Å². The molecule has 28 heavy (non-hydrogen) atoms. The number of hydrogen-bond donors (Lipinski definition) is 0. The van der Waals surface area contributed by atoms with Crippen molar-refractivity contribution in [2.45, 2.75) is 33.2 Å². The smallest absolute Gasteiger partial charge is 0.246 e. The number of carbonyl (C=O) groups excluding carboxylic acids is 1. The molecule has 0 bridgehead atoms. The van der Waals surface area contributed by atoms with Gasteiger partial charge in [0.25, 0.3) is 0 Å². The molecule has 1 fully saturated rings. The molecule has 152 valence electrons. The third kappa shape index (κ3) is 4.59. The molecule has 0 aliphatic carbocycles. The molecule has 3 rings (SSSR count). The fraction of sp³-hybridized carbons (Fsp3) is 0.526. The lowest BCUT2D eigenvalue weighted by atomic mass is 9.98. The molecule has 8 nitrogen and oxygen atoms in total. The quantitative estimate of drug-likeness (QED) is 0.729. The first kappa shape index (κ1) is 20.5. The van der Waals surface area contributed by atoms with Gasteiger partial charge in [0.15, 0.2) is 0 Å². The van der Waals surface area contributed by atoms with Gasteiger partial charge in [-0.3, -0.25) is 4.79 Å². The summed E-state index contributed by atoms with van der Waals surface area (Å²) in [7, 11) is -1.61. The fourth-order valence-corrected chi connectivity index (χ4v) is 4.57. The molecular weight excluding hydrogens is 380 g/mol. The Labute approximate surface area is 165 Å². The van der Waals surface area contributed by atoms with E-state index in [0.717, 1.165) is 11.1 Å². The van der Waals surface area contributed by atoms with Gasteiger partial charge in [-0.05, 0) is 32.8 Å². The summed E-state index contributed by atoms with van der Waals surface area (Å²) in [6, 6.07) is 7.79. The number of benzene rings is 1. The van der Waals surface area contributed by atoms with E-state index < -0.39 is 10.0 Å². The summed E-state index contributed by atoms with van der Waals surface area (Å²) in [5, 5.41) is 4.00. The molecular formula is C19H26N4O4S. The molecule has 2 aromatic rings. The standard InChI is InChI=1S/C19H26N4O4S/c1-4-28(25,26)23-10-6-9-16(12-23)19(24)22(3)13-17-20-18(21-27-17)15-8-5-7-14(2)11-15/h5,7-8,11,16H,4,6,9-10,12-13H2,1-3H3/t16-/m0/s1. The maximum absolute atomic E-state index is 12.8. The van der Waals surface area contributed by atoms with Crippen molar-refractivity contribution in [2.75, 3.05) is 25.9 Å². The molecule has 0 radical (unpaired) electrons. The summed E-state index contributed by atoms with van der Waals surface area (Å²) < 4.78 is 30.9. The fourth-order valence-electron chi connectivity index (χ4n) is 3.39. The zero-order chi connectivity index (χ0) is 20.3. The maximum atomic E-state index is 12.8. The lowest BCUT2D eigenvalue weighted by Crippen LogP contribution is -2.46. The Bertz CT molecular complexity index is 941. The van der Waals surface area contributed by atoms with Crippen LogP contribution in [0.1, 0.15) is 31.2 Å². The summed E-state index contributed by atoms with van der Waals surface area (Å²) in [4.78, 5) is 18.7. The Balaban J connectivity index is 1.64. The second-order valence-electron chi connectivity index (χ2n) is 7.17. The van der Waals surface area contributed by atoms with Crippen LogP contribution in [-0.4, -0.2) is 59.6 Å². The van der Waals surface area contributed by atoms with Crippen LogP contribution in [0.2, 0.25) is 0 Å². The number of aryl methyl sites for hydroxylation is 1. The second kappa shape index (κ2) is 8.40. The lowest BCUT2D eigenvalue weighted by molar-refractivity contribution is -0.136. The van der Waals surface area contributed by atoms with Crippen LogP contribution >= 0.6 is 0 Å². The van der Waals surface area contributed by atoms with Crippen molar-refractivity contribution < 1.29 is 17.7 Å². The molecule has 1 aliphatic rings. The van der Waals surface area contributed by atoms with Crippen LogP contribution in [0.4, 0.5) is 0 Å². The minimum Gasteiger partial charge on any atom is -0.337 e. The van der Waals surface area contributed by atoms with E-state index in [2.05, 4.69) is 10.1 Å². The van der Waals surface area contributed by atoms with Gasteiger partial charge in [0.2, 0.25) is 27.6 Å². The molecule has 0 saturated carbocycles. The van der Waals surface area contributed by atoms with Gasteiger partial charge in [-0.15, -0.1) is 0 Å². The van der Waals surface area contributed by atoms with Crippen molar-refractivity contribution in [3.05, 3.63) is 35.7 Å². The van der Waals surface area contributed by atoms with Gasteiger partial charge >= 0.3 is 0 Å². The first-order valence-electron chi connectivity index (χ1n) is 9.42. The minimum atomic E-state index is -3.28. The Morgan fingerprint density at radius 2 is 2.18 bits per heavy atom. The van der Waals surface area contributed by atoms with Crippen molar-refractivity contribution in [1.82, 2.24) is 19.3 Å². The number of aromatic nitrogens is 2. The average molecular weight is 407 g/mol. The van der Waals surface area contributed by atoms with Crippen LogP contribution in [0.25, 0.3) is 11.4 Å². The predicted octanol–water partition coefficient (Wildman–Crippen LogP) is 2.07. The van der Waals surface area contributed by atoms with Crippen molar-refractivity contribution in [2.24, 2.45) is 5.92 Å². The first-order chi connectivity index (χ1) is 13.3. The number of hydrogen-bond acceptors (Lipinski definition) is 6. The number of sulfonamides is 1. The lowest BCUT2D eigenvalue weighted by Gasteiger charge is -2.32. The summed E-state index contributed by atoms with van der Waals surface area (Å²) in [5.41, 5.74) is 1.96. The van der Waals surface area contributed by atoms with Gasteiger partial charge in [0.05, 0.1) is 18.2 Å². The highest BCUT2D eigenvalue weighted by Gasteiger charge is 2.33. The summed E-state index contributed by atoms with van der Waals surface area (Å²) in [6.45, 7) is 4.51. The molecule has 1 aromatic heterocycles. The van der Waals surface area contributed by atoms with Crippen molar-refractivity contribution >= 4 is 15.9 Å². The van der Waals surface area contributed by atoms with Gasteiger partial charge in [-0.25, -0.2) is 12.7 Å². The first-order valence-corrected chi connectivity index (χ1v) is 11.0. The number of carbonyl (C=O) groups is 1. The maximum Gasteiger partial charge on any atom is 0.246 e. The van der Waals surface area contributed by atoms with Crippen molar-refractivity contribution in [3.63, 3.8) is 0 Å². The van der Waals surface area contributed by atoms with Gasteiger partial charge < -0.3 is 9.42 Å². The monoisotopic (exact) mass is 406 g/mol. The van der Waals surface area contributed by atoms with E-state index in [9.17, 15) is 13.2 Å². The summed E-state index contributed by atoms with van der Waals surface area (Å²) >= 11 is 0. The molecule has 9 heteroatoms. The predicted molar refractivity (Wildman–Crippen MR) is 105 cm³/mol. The van der Waals surface area contributed by atoms with E-state index in [1.165, 1.54) is 9.21 Å². The third-order valence-electron chi connectivity index (χ3n) is 4.98. The average Bonchev–Trinajstić information content (AvgIpc) is 3.16. The van der Waals surface area contributed by atoms with Crippen LogP contribution in [0.15, 0.2) is 28.8 Å². The van der Waals surface area contributed by atoms with Crippen LogP contribution in [0.5, 0.6) is 0 Å². The van der Waals surface area contributed by atoms with Gasteiger partial charge in [-0.2, -0.15) is 4.98 Å². The molecule has 0 N–H and O–H groups in total. The van der Waals surface area contributed by atoms with E-state index >= 15 is 0 Å². The highest BCUT2D eigenvalue weighted by atomic mass is 32.2. The van der Waals surface area contributed by atoms with Crippen LogP contribution in [-0.2, 0) is 21.4 Å². The largest absolute Gasteiger partial charge is 0.337 e. The Morgan fingerprint density at radius 3 is 2.89 bits per heavy atom. The molecule has 1 aliphatic heterocycles. The minimum absolute atomic E-state index is 0.0491. The summed E-state index contributed by atoms with van der Waals surface area (Å²) in [5.74, 6) is 0.428. The van der Waals surface area contributed by atoms with E-state index in [1.807, 2.05) is 31.2 Å². The highest BCUT2D eigenvalue weighted by Crippen LogP contribution is 2.22. The topological polar surface area (TPSA) is 96.6 Å². The van der Waals surface area contributed by atoms with Gasteiger partial charge in [0.1, 0.15) is 0 Å². The molecule has 1 saturated heterocycles. The van der Waals surface area contributed by atoms with Crippen LogP contribution in [0.3, 0.4) is 0 Å². The van der Waals surface area contributed by atoms with Crippen molar-refractivity contribution in [1.29, 1.82) is 0 Å². The van der Waals surface area contributed by atoms with E-state index in [0.29, 0.717) is 31.1 Å². The molecule has 0 spiro atoms. The third-order valence-corrected chi connectivity index (χ3v) is 6.83.